The maximum atomic E-state index is 11.6. The number of benzene rings is 1. The number of esters is 1. The van der Waals surface area contributed by atoms with Gasteiger partial charge in [0.1, 0.15) is 12.3 Å². The summed E-state index contributed by atoms with van der Waals surface area (Å²) in [7, 11) is 2.88. The highest BCUT2D eigenvalue weighted by Crippen LogP contribution is 2.38. The lowest BCUT2D eigenvalue weighted by molar-refractivity contribution is 0.0600. The Morgan fingerprint density at radius 2 is 1.95 bits per heavy atom. The molecule has 1 aromatic heterocycles. The summed E-state index contributed by atoms with van der Waals surface area (Å²) >= 11 is 0. The van der Waals surface area contributed by atoms with Crippen LogP contribution in [0, 0.1) is 0 Å². The standard InChI is InChI=1S/C15H13NO5/c1-18-14-6-5-11-10(16-14)8-20-12-4-3-9(15(17)19-2)7-13(12)21-11/h3-7H,8H2,1-2H3. The zero-order chi connectivity index (χ0) is 14.8. The first-order valence-electron chi connectivity index (χ1n) is 6.28. The van der Waals surface area contributed by atoms with E-state index in [2.05, 4.69) is 4.98 Å². The van der Waals surface area contributed by atoms with Gasteiger partial charge in [-0.05, 0) is 24.3 Å². The molecule has 108 valence electrons. The third-order valence-corrected chi connectivity index (χ3v) is 3.07. The molecular formula is C15H13NO5. The molecule has 3 rings (SSSR count). The van der Waals surface area contributed by atoms with E-state index in [1.807, 2.05) is 0 Å². The average Bonchev–Trinajstić information content (AvgIpc) is 2.71. The first-order valence-corrected chi connectivity index (χ1v) is 6.28. The van der Waals surface area contributed by atoms with Crippen molar-refractivity contribution < 1.29 is 23.7 Å². The number of ether oxygens (including phenoxy) is 4. The summed E-state index contributed by atoms with van der Waals surface area (Å²) in [5.74, 6) is 1.61. The molecule has 0 spiro atoms. The fraction of sp³-hybridized carbons (Fsp3) is 0.200. The summed E-state index contributed by atoms with van der Waals surface area (Å²) in [6, 6.07) is 8.33. The number of rotatable bonds is 2. The van der Waals surface area contributed by atoms with Gasteiger partial charge in [0.15, 0.2) is 17.2 Å². The lowest BCUT2D eigenvalue weighted by Crippen LogP contribution is -2.01. The average molecular weight is 287 g/mol. The van der Waals surface area contributed by atoms with Crippen LogP contribution in [0.1, 0.15) is 16.1 Å². The summed E-state index contributed by atoms with van der Waals surface area (Å²) in [5.41, 5.74) is 1.02. The second-order valence-electron chi connectivity index (χ2n) is 4.34. The summed E-state index contributed by atoms with van der Waals surface area (Å²) in [4.78, 5) is 15.9. The Labute approximate surface area is 121 Å². The third-order valence-electron chi connectivity index (χ3n) is 3.07. The van der Waals surface area contributed by atoms with Crippen LogP contribution in [0.15, 0.2) is 30.3 Å². The zero-order valence-electron chi connectivity index (χ0n) is 11.6. The number of hydrogen-bond acceptors (Lipinski definition) is 6. The lowest BCUT2D eigenvalue weighted by Gasteiger charge is -2.08. The van der Waals surface area contributed by atoms with Crippen molar-refractivity contribution in [3.63, 3.8) is 0 Å². The molecule has 0 bridgehead atoms. The normalized spacial score (nSPS) is 12.1. The van der Waals surface area contributed by atoms with E-state index in [0.29, 0.717) is 34.4 Å². The minimum absolute atomic E-state index is 0.261. The Bertz CT molecular complexity index is 698. The van der Waals surface area contributed by atoms with Gasteiger partial charge in [-0.1, -0.05) is 0 Å². The van der Waals surface area contributed by atoms with Crippen LogP contribution in [0.2, 0.25) is 0 Å². The van der Waals surface area contributed by atoms with Crippen LogP contribution in [0.3, 0.4) is 0 Å². The maximum Gasteiger partial charge on any atom is 0.337 e. The summed E-state index contributed by atoms with van der Waals surface area (Å²) < 4.78 is 21.2. The van der Waals surface area contributed by atoms with Gasteiger partial charge in [0.25, 0.3) is 0 Å². The molecule has 0 atom stereocenters. The molecule has 0 N–H and O–H groups in total. The SMILES string of the molecule is COC(=O)c1ccc2c(c1)Oc1ccc(OC)nc1CO2. The second kappa shape index (κ2) is 5.32. The first-order chi connectivity index (χ1) is 10.2. The van der Waals surface area contributed by atoms with Crippen LogP contribution in [0.25, 0.3) is 0 Å². The number of aromatic nitrogens is 1. The molecule has 2 heterocycles. The molecule has 1 aliphatic heterocycles. The van der Waals surface area contributed by atoms with Gasteiger partial charge in [0.2, 0.25) is 5.88 Å². The lowest BCUT2D eigenvalue weighted by atomic mass is 10.2. The monoisotopic (exact) mass is 287 g/mol. The number of carbonyl (C=O) groups is 1. The Morgan fingerprint density at radius 1 is 1.14 bits per heavy atom. The summed E-state index contributed by atoms with van der Waals surface area (Å²) in [6.45, 7) is 0.261. The molecule has 0 saturated carbocycles. The molecule has 0 amide bonds. The number of pyridine rings is 1. The number of fused-ring (bicyclic) bond motifs is 2. The molecular weight excluding hydrogens is 274 g/mol. The van der Waals surface area contributed by atoms with E-state index in [-0.39, 0.29) is 6.61 Å². The minimum atomic E-state index is -0.432. The Kier molecular flexibility index (Phi) is 3.35. The third kappa shape index (κ3) is 2.47. The van der Waals surface area contributed by atoms with E-state index < -0.39 is 5.97 Å². The molecule has 21 heavy (non-hydrogen) atoms. The molecule has 0 saturated heterocycles. The summed E-state index contributed by atoms with van der Waals surface area (Å²) in [6.07, 6.45) is 0. The second-order valence-corrected chi connectivity index (χ2v) is 4.34. The van der Waals surface area contributed by atoms with Crippen molar-refractivity contribution in [1.29, 1.82) is 0 Å². The van der Waals surface area contributed by atoms with Gasteiger partial charge in [-0.3, -0.25) is 0 Å². The quantitative estimate of drug-likeness (QED) is 0.791. The largest absolute Gasteiger partial charge is 0.483 e. The van der Waals surface area contributed by atoms with Crippen LogP contribution in [-0.2, 0) is 11.3 Å². The van der Waals surface area contributed by atoms with E-state index >= 15 is 0 Å². The number of nitrogens with zero attached hydrogens (tertiary/aromatic N) is 1. The van der Waals surface area contributed by atoms with Gasteiger partial charge >= 0.3 is 5.97 Å². The first kappa shape index (κ1) is 13.2. The topological polar surface area (TPSA) is 66.9 Å². The molecule has 1 aromatic carbocycles. The highest BCUT2D eigenvalue weighted by molar-refractivity contribution is 5.90. The molecule has 2 aromatic rings. The van der Waals surface area contributed by atoms with Crippen molar-refractivity contribution >= 4 is 5.97 Å². The van der Waals surface area contributed by atoms with E-state index in [4.69, 9.17) is 18.9 Å². The van der Waals surface area contributed by atoms with Crippen LogP contribution in [0.4, 0.5) is 0 Å². The van der Waals surface area contributed by atoms with Crippen molar-refractivity contribution in [1.82, 2.24) is 4.98 Å². The van der Waals surface area contributed by atoms with Gasteiger partial charge in [-0.2, -0.15) is 0 Å². The molecule has 0 unspecified atom stereocenters. The number of carbonyl (C=O) groups excluding carboxylic acids is 1. The van der Waals surface area contributed by atoms with Crippen LogP contribution >= 0.6 is 0 Å². The number of hydrogen-bond donors (Lipinski definition) is 0. The fourth-order valence-electron chi connectivity index (χ4n) is 2.00. The van der Waals surface area contributed by atoms with Gasteiger partial charge in [-0.25, -0.2) is 9.78 Å². The molecule has 0 aliphatic carbocycles. The van der Waals surface area contributed by atoms with Gasteiger partial charge < -0.3 is 18.9 Å². The van der Waals surface area contributed by atoms with Gasteiger partial charge in [0.05, 0.1) is 19.8 Å². The van der Waals surface area contributed by atoms with Crippen molar-refractivity contribution in [2.75, 3.05) is 14.2 Å². The van der Waals surface area contributed by atoms with Crippen molar-refractivity contribution in [3.8, 4) is 23.1 Å². The predicted octanol–water partition coefficient (Wildman–Crippen LogP) is 2.56. The molecule has 0 fully saturated rings. The molecule has 6 nitrogen and oxygen atoms in total. The van der Waals surface area contributed by atoms with E-state index in [1.54, 1.807) is 37.4 Å². The Morgan fingerprint density at radius 3 is 2.71 bits per heavy atom. The highest BCUT2D eigenvalue weighted by Gasteiger charge is 2.19. The Balaban J connectivity index is 1.99. The van der Waals surface area contributed by atoms with E-state index in [0.717, 1.165) is 0 Å². The zero-order valence-corrected chi connectivity index (χ0v) is 11.6. The minimum Gasteiger partial charge on any atom is -0.483 e. The van der Waals surface area contributed by atoms with Crippen LogP contribution in [-0.4, -0.2) is 25.2 Å². The fourth-order valence-corrected chi connectivity index (χ4v) is 2.00. The predicted molar refractivity (Wildman–Crippen MR) is 73.0 cm³/mol. The highest BCUT2D eigenvalue weighted by atomic mass is 16.5. The van der Waals surface area contributed by atoms with E-state index in [1.165, 1.54) is 7.11 Å². The van der Waals surface area contributed by atoms with Crippen molar-refractivity contribution in [2.45, 2.75) is 6.61 Å². The van der Waals surface area contributed by atoms with Crippen LogP contribution < -0.4 is 14.2 Å². The van der Waals surface area contributed by atoms with Gasteiger partial charge in [0, 0.05) is 6.07 Å². The molecule has 6 heteroatoms. The van der Waals surface area contributed by atoms with Crippen molar-refractivity contribution in [3.05, 3.63) is 41.6 Å². The summed E-state index contributed by atoms with van der Waals surface area (Å²) in [5, 5.41) is 0. The van der Waals surface area contributed by atoms with Crippen molar-refractivity contribution in [2.24, 2.45) is 0 Å². The van der Waals surface area contributed by atoms with E-state index in [9.17, 15) is 4.79 Å². The van der Waals surface area contributed by atoms with Crippen LogP contribution in [0.5, 0.6) is 23.1 Å². The number of methoxy groups -OCH3 is 2. The molecule has 0 radical (unpaired) electrons. The Hall–Kier alpha value is -2.76. The molecule has 1 aliphatic rings. The smallest absolute Gasteiger partial charge is 0.337 e. The van der Waals surface area contributed by atoms with Gasteiger partial charge in [-0.15, -0.1) is 0 Å². The maximum absolute atomic E-state index is 11.6.